The van der Waals surface area contributed by atoms with Gasteiger partial charge in [0.25, 0.3) is 0 Å². The highest BCUT2D eigenvalue weighted by molar-refractivity contribution is 8.11. The van der Waals surface area contributed by atoms with Gasteiger partial charge in [-0.3, -0.25) is 4.79 Å². The molecule has 0 amide bonds. The molecule has 14 heavy (non-hydrogen) atoms. The van der Waals surface area contributed by atoms with Crippen LogP contribution in [0.1, 0.15) is 19.3 Å². The van der Waals surface area contributed by atoms with E-state index in [2.05, 4.69) is 4.74 Å². The van der Waals surface area contributed by atoms with Crippen LogP contribution in [0.25, 0.3) is 0 Å². The van der Waals surface area contributed by atoms with Crippen LogP contribution in [-0.2, 0) is 18.8 Å². The van der Waals surface area contributed by atoms with Crippen LogP contribution in [0.3, 0.4) is 0 Å². The van der Waals surface area contributed by atoms with Gasteiger partial charge in [-0.15, -0.1) is 0 Å². The summed E-state index contributed by atoms with van der Waals surface area (Å²) in [4.78, 5) is 11.2. The zero-order valence-electron chi connectivity index (χ0n) is 7.77. The van der Waals surface area contributed by atoms with E-state index in [1.165, 1.54) is 7.11 Å². The fourth-order valence-electron chi connectivity index (χ4n) is 1.54. The number of hydrogen-bond donors (Lipinski definition) is 0. The highest BCUT2D eigenvalue weighted by Gasteiger charge is 2.36. The molecule has 1 aliphatic heterocycles. The van der Waals surface area contributed by atoms with Gasteiger partial charge in [0.1, 0.15) is 6.04 Å². The van der Waals surface area contributed by atoms with Gasteiger partial charge in [0, 0.05) is 17.2 Å². The monoisotopic (exact) mass is 241 g/mol. The van der Waals surface area contributed by atoms with E-state index in [1.807, 2.05) is 0 Å². The number of carbonyl (C=O) groups excluding carboxylic acids is 1. The lowest BCUT2D eigenvalue weighted by molar-refractivity contribution is -0.146. The van der Waals surface area contributed by atoms with Crippen molar-refractivity contribution in [1.82, 2.24) is 4.31 Å². The second-order valence-electron chi connectivity index (χ2n) is 3.09. The highest BCUT2D eigenvalue weighted by atomic mass is 35.7. The van der Waals surface area contributed by atoms with Crippen molar-refractivity contribution in [1.29, 1.82) is 0 Å². The van der Waals surface area contributed by atoms with Gasteiger partial charge >= 0.3 is 15.2 Å². The number of methoxy groups -OCH3 is 1. The Morgan fingerprint density at radius 3 is 2.64 bits per heavy atom. The summed E-state index contributed by atoms with van der Waals surface area (Å²) < 4.78 is 27.7. The number of nitrogens with zero attached hydrogens (tertiary/aromatic N) is 1. The number of esters is 1. The molecule has 0 unspecified atom stereocenters. The third-order valence-electron chi connectivity index (χ3n) is 2.21. The Kier molecular flexibility index (Phi) is 3.74. The second-order valence-corrected chi connectivity index (χ2v) is 5.55. The Balaban J connectivity index is 2.85. The number of rotatable bonds is 2. The molecular formula is C7H12ClNO4S. The summed E-state index contributed by atoms with van der Waals surface area (Å²) in [7, 11) is 2.60. The first-order valence-corrected chi connectivity index (χ1v) is 6.52. The molecule has 0 aliphatic carbocycles. The van der Waals surface area contributed by atoms with Crippen molar-refractivity contribution < 1.29 is 17.9 Å². The van der Waals surface area contributed by atoms with Crippen LogP contribution in [0.5, 0.6) is 0 Å². The van der Waals surface area contributed by atoms with Gasteiger partial charge in [-0.2, -0.15) is 12.7 Å². The summed E-state index contributed by atoms with van der Waals surface area (Å²) in [5.74, 6) is -0.547. The summed E-state index contributed by atoms with van der Waals surface area (Å²) in [5, 5.41) is 0. The predicted molar refractivity (Wildman–Crippen MR) is 51.1 cm³/mol. The van der Waals surface area contributed by atoms with E-state index in [-0.39, 0.29) is 6.54 Å². The van der Waals surface area contributed by atoms with Crippen LogP contribution < -0.4 is 0 Å². The maximum absolute atomic E-state index is 11.2. The van der Waals surface area contributed by atoms with Gasteiger partial charge in [-0.25, -0.2) is 0 Å². The molecule has 1 aliphatic rings. The molecule has 0 aromatic heterocycles. The molecule has 1 fully saturated rings. The Morgan fingerprint density at radius 1 is 1.50 bits per heavy atom. The first-order chi connectivity index (χ1) is 6.46. The quantitative estimate of drug-likeness (QED) is 0.522. The topological polar surface area (TPSA) is 63.7 Å². The standard InChI is InChI=1S/C7H12ClNO4S/c1-13-7(10)6-4-2-3-5-9(6)14(8,11)12/h6H,2-5H2,1H3/t6-/m0/s1. The van der Waals surface area contributed by atoms with Gasteiger partial charge in [0.15, 0.2) is 0 Å². The van der Waals surface area contributed by atoms with Crippen molar-refractivity contribution in [2.24, 2.45) is 0 Å². The fraction of sp³-hybridized carbons (Fsp3) is 0.857. The van der Waals surface area contributed by atoms with Crippen LogP contribution >= 0.6 is 10.7 Å². The SMILES string of the molecule is COC(=O)[C@@H]1CCCCN1S(=O)(=O)Cl. The third kappa shape index (κ3) is 2.59. The average Bonchev–Trinajstić information content (AvgIpc) is 2.15. The van der Waals surface area contributed by atoms with Crippen molar-refractivity contribution in [3.63, 3.8) is 0 Å². The molecule has 1 rings (SSSR count). The van der Waals surface area contributed by atoms with Crippen molar-refractivity contribution in [2.45, 2.75) is 25.3 Å². The van der Waals surface area contributed by atoms with E-state index < -0.39 is 21.2 Å². The molecule has 0 aromatic rings. The Labute approximate surface area is 87.5 Å². The van der Waals surface area contributed by atoms with Crippen molar-refractivity contribution >= 4 is 25.9 Å². The van der Waals surface area contributed by atoms with Crippen molar-refractivity contribution in [2.75, 3.05) is 13.7 Å². The van der Waals surface area contributed by atoms with Crippen LogP contribution in [0.4, 0.5) is 0 Å². The molecular weight excluding hydrogens is 230 g/mol. The Morgan fingerprint density at radius 2 is 2.14 bits per heavy atom. The summed E-state index contributed by atoms with van der Waals surface area (Å²) in [6.45, 7) is 0.283. The van der Waals surface area contributed by atoms with E-state index >= 15 is 0 Å². The first-order valence-electron chi connectivity index (χ1n) is 4.26. The lowest BCUT2D eigenvalue weighted by Crippen LogP contribution is -2.46. The molecule has 1 atom stereocenters. The normalized spacial score (nSPS) is 24.6. The summed E-state index contributed by atoms with van der Waals surface area (Å²) >= 11 is 0. The van der Waals surface area contributed by atoms with Gasteiger partial charge < -0.3 is 4.74 Å². The molecule has 0 aromatic carbocycles. The number of piperidine rings is 1. The largest absolute Gasteiger partial charge is 0.468 e. The van der Waals surface area contributed by atoms with Crippen molar-refractivity contribution in [3.05, 3.63) is 0 Å². The van der Waals surface area contributed by atoms with Gasteiger partial charge in [0.2, 0.25) is 0 Å². The second kappa shape index (κ2) is 4.46. The molecule has 1 saturated heterocycles. The fourth-order valence-corrected chi connectivity index (χ4v) is 2.88. The third-order valence-corrected chi connectivity index (χ3v) is 3.74. The number of hydrogen-bond acceptors (Lipinski definition) is 4. The minimum absolute atomic E-state index is 0.283. The summed E-state index contributed by atoms with van der Waals surface area (Å²) in [6, 6.07) is -0.753. The van der Waals surface area contributed by atoms with E-state index in [9.17, 15) is 13.2 Å². The zero-order chi connectivity index (χ0) is 10.8. The van der Waals surface area contributed by atoms with Crippen LogP contribution in [0, 0.1) is 0 Å². The van der Waals surface area contributed by atoms with Crippen LogP contribution in [0.15, 0.2) is 0 Å². The molecule has 0 saturated carbocycles. The molecule has 7 heteroatoms. The minimum atomic E-state index is -3.83. The van der Waals surface area contributed by atoms with E-state index in [1.54, 1.807) is 0 Å². The molecule has 0 spiro atoms. The summed E-state index contributed by atoms with van der Waals surface area (Å²) in [5.41, 5.74) is 0. The predicted octanol–water partition coefficient (Wildman–Crippen LogP) is 0.497. The zero-order valence-corrected chi connectivity index (χ0v) is 9.34. The molecule has 0 bridgehead atoms. The maximum Gasteiger partial charge on any atom is 0.324 e. The lowest BCUT2D eigenvalue weighted by Gasteiger charge is -2.30. The average molecular weight is 242 g/mol. The highest BCUT2D eigenvalue weighted by Crippen LogP contribution is 2.23. The van der Waals surface area contributed by atoms with Crippen LogP contribution in [0.2, 0.25) is 0 Å². The molecule has 0 N–H and O–H groups in total. The van der Waals surface area contributed by atoms with Crippen LogP contribution in [-0.4, -0.2) is 38.4 Å². The summed E-state index contributed by atoms with van der Waals surface area (Å²) in [6.07, 6.45) is 2.00. The van der Waals surface area contributed by atoms with E-state index in [0.29, 0.717) is 6.42 Å². The number of ether oxygens (including phenoxy) is 1. The van der Waals surface area contributed by atoms with E-state index in [0.717, 1.165) is 17.1 Å². The minimum Gasteiger partial charge on any atom is -0.468 e. The number of halogens is 1. The molecule has 0 radical (unpaired) electrons. The van der Waals surface area contributed by atoms with Gasteiger partial charge in [0.05, 0.1) is 7.11 Å². The first kappa shape index (κ1) is 11.7. The molecule has 82 valence electrons. The Bertz CT molecular complexity index is 316. The maximum atomic E-state index is 11.2. The lowest BCUT2D eigenvalue weighted by atomic mass is 10.1. The van der Waals surface area contributed by atoms with Crippen molar-refractivity contribution in [3.8, 4) is 0 Å². The van der Waals surface area contributed by atoms with Gasteiger partial charge in [-0.05, 0) is 19.3 Å². The smallest absolute Gasteiger partial charge is 0.324 e. The molecule has 1 heterocycles. The molecule has 5 nitrogen and oxygen atoms in total. The number of carbonyl (C=O) groups is 1. The Hall–Kier alpha value is -0.330. The van der Waals surface area contributed by atoms with E-state index in [4.69, 9.17) is 10.7 Å². The van der Waals surface area contributed by atoms with Gasteiger partial charge in [-0.1, -0.05) is 0 Å².